The molecule has 0 spiro atoms. The van der Waals surface area contributed by atoms with Gasteiger partial charge in [0.15, 0.2) is 5.82 Å². The zero-order valence-corrected chi connectivity index (χ0v) is 11.4. The molecule has 4 heteroatoms. The number of nitrogens with one attached hydrogen (secondary N) is 2. The summed E-state index contributed by atoms with van der Waals surface area (Å²) in [6, 6.07) is 7.82. The predicted octanol–water partition coefficient (Wildman–Crippen LogP) is 3.33. The third-order valence-electron chi connectivity index (χ3n) is 4.29. The third kappa shape index (κ3) is 2.11. The van der Waals surface area contributed by atoms with Crippen LogP contribution in [-0.2, 0) is 4.79 Å². The van der Waals surface area contributed by atoms with Gasteiger partial charge in [0.1, 0.15) is 0 Å². The van der Waals surface area contributed by atoms with Crippen LogP contribution in [0.4, 0.5) is 5.82 Å². The SMILES string of the molecule is CC1(C)CCCC1C(=O)Nc1n[nH]c2ccccc12. The third-order valence-corrected chi connectivity index (χ3v) is 4.29. The molecule has 0 saturated heterocycles. The fraction of sp³-hybridized carbons (Fsp3) is 0.467. The molecule has 2 aromatic rings. The lowest BCUT2D eigenvalue weighted by molar-refractivity contribution is -0.122. The number of aromatic amines is 1. The molecule has 1 amide bonds. The summed E-state index contributed by atoms with van der Waals surface area (Å²) < 4.78 is 0. The van der Waals surface area contributed by atoms with Crippen molar-refractivity contribution in [3.63, 3.8) is 0 Å². The molecule has 100 valence electrons. The highest BCUT2D eigenvalue weighted by Crippen LogP contribution is 2.43. The molecule has 1 aromatic carbocycles. The van der Waals surface area contributed by atoms with Crippen LogP contribution in [0.1, 0.15) is 33.1 Å². The van der Waals surface area contributed by atoms with Crippen molar-refractivity contribution in [2.24, 2.45) is 11.3 Å². The van der Waals surface area contributed by atoms with Crippen LogP contribution in [0.5, 0.6) is 0 Å². The van der Waals surface area contributed by atoms with E-state index in [2.05, 4.69) is 29.4 Å². The molecule has 1 unspecified atom stereocenters. The standard InChI is InChI=1S/C15H19N3O/c1-15(2)9-5-7-11(15)14(19)16-13-10-6-3-4-8-12(10)17-18-13/h3-4,6,8,11H,5,7,9H2,1-2H3,(H2,16,17,18,19). The van der Waals surface area contributed by atoms with E-state index < -0.39 is 0 Å². The van der Waals surface area contributed by atoms with E-state index in [1.54, 1.807) is 0 Å². The van der Waals surface area contributed by atoms with Crippen LogP contribution in [-0.4, -0.2) is 16.1 Å². The molecule has 0 radical (unpaired) electrons. The van der Waals surface area contributed by atoms with Crippen LogP contribution in [0, 0.1) is 11.3 Å². The van der Waals surface area contributed by atoms with Crippen molar-refractivity contribution >= 4 is 22.6 Å². The zero-order valence-electron chi connectivity index (χ0n) is 11.4. The average molecular weight is 257 g/mol. The molecule has 1 saturated carbocycles. The van der Waals surface area contributed by atoms with E-state index in [-0.39, 0.29) is 17.2 Å². The van der Waals surface area contributed by atoms with Gasteiger partial charge in [0.25, 0.3) is 0 Å². The van der Waals surface area contributed by atoms with Gasteiger partial charge in [-0.25, -0.2) is 0 Å². The summed E-state index contributed by atoms with van der Waals surface area (Å²) in [5.74, 6) is 0.825. The summed E-state index contributed by atoms with van der Waals surface area (Å²) in [6.07, 6.45) is 3.22. The number of para-hydroxylation sites is 1. The van der Waals surface area contributed by atoms with Crippen molar-refractivity contribution in [2.45, 2.75) is 33.1 Å². The summed E-state index contributed by atoms with van der Waals surface area (Å²) in [7, 11) is 0. The Bertz CT molecular complexity index is 615. The molecular formula is C15H19N3O. The zero-order chi connectivity index (χ0) is 13.5. The number of benzene rings is 1. The van der Waals surface area contributed by atoms with E-state index in [9.17, 15) is 4.79 Å². The van der Waals surface area contributed by atoms with Crippen molar-refractivity contribution in [3.8, 4) is 0 Å². The number of anilines is 1. The molecule has 1 aliphatic rings. The molecule has 1 fully saturated rings. The minimum absolute atomic E-state index is 0.0861. The second-order valence-electron chi connectivity index (χ2n) is 6.04. The molecular weight excluding hydrogens is 238 g/mol. The highest BCUT2D eigenvalue weighted by Gasteiger charge is 2.39. The normalized spacial score (nSPS) is 21.7. The maximum Gasteiger partial charge on any atom is 0.229 e. The van der Waals surface area contributed by atoms with E-state index in [1.165, 1.54) is 0 Å². The predicted molar refractivity (Wildman–Crippen MR) is 75.8 cm³/mol. The van der Waals surface area contributed by atoms with Crippen molar-refractivity contribution in [1.82, 2.24) is 10.2 Å². The fourth-order valence-corrected chi connectivity index (χ4v) is 3.08. The molecule has 4 nitrogen and oxygen atoms in total. The number of carbonyl (C=O) groups is 1. The van der Waals surface area contributed by atoms with Crippen LogP contribution >= 0.6 is 0 Å². The quantitative estimate of drug-likeness (QED) is 0.867. The Labute approximate surface area is 112 Å². The first kappa shape index (κ1) is 12.2. The van der Waals surface area contributed by atoms with E-state index >= 15 is 0 Å². The number of carbonyl (C=O) groups excluding carboxylic acids is 1. The molecule has 19 heavy (non-hydrogen) atoms. The van der Waals surface area contributed by atoms with Gasteiger partial charge in [0, 0.05) is 11.3 Å². The van der Waals surface area contributed by atoms with Crippen LogP contribution < -0.4 is 5.32 Å². The molecule has 2 N–H and O–H groups in total. The minimum atomic E-state index is 0.0861. The highest BCUT2D eigenvalue weighted by atomic mass is 16.2. The number of amides is 1. The Morgan fingerprint density at radius 2 is 2.21 bits per heavy atom. The number of fused-ring (bicyclic) bond motifs is 1. The van der Waals surface area contributed by atoms with Crippen molar-refractivity contribution in [1.29, 1.82) is 0 Å². The van der Waals surface area contributed by atoms with Crippen LogP contribution in [0.3, 0.4) is 0 Å². The largest absolute Gasteiger partial charge is 0.308 e. The lowest BCUT2D eigenvalue weighted by atomic mass is 9.81. The van der Waals surface area contributed by atoms with Crippen molar-refractivity contribution in [3.05, 3.63) is 24.3 Å². The van der Waals surface area contributed by atoms with E-state index in [0.29, 0.717) is 5.82 Å². The summed E-state index contributed by atoms with van der Waals surface area (Å²) in [5.41, 5.74) is 1.04. The van der Waals surface area contributed by atoms with Crippen molar-refractivity contribution in [2.75, 3.05) is 5.32 Å². The minimum Gasteiger partial charge on any atom is -0.308 e. The van der Waals surface area contributed by atoms with Gasteiger partial charge < -0.3 is 5.32 Å². The first-order chi connectivity index (χ1) is 9.08. The first-order valence-electron chi connectivity index (χ1n) is 6.82. The van der Waals surface area contributed by atoms with Crippen LogP contribution in [0.15, 0.2) is 24.3 Å². The molecule has 1 heterocycles. The van der Waals surface area contributed by atoms with Crippen molar-refractivity contribution < 1.29 is 4.79 Å². The van der Waals surface area contributed by atoms with Gasteiger partial charge >= 0.3 is 0 Å². The first-order valence-corrected chi connectivity index (χ1v) is 6.82. The molecule has 1 aliphatic carbocycles. The van der Waals surface area contributed by atoms with Crippen LogP contribution in [0.25, 0.3) is 10.9 Å². The van der Waals surface area contributed by atoms with E-state index in [0.717, 1.165) is 30.2 Å². The molecule has 3 rings (SSSR count). The second kappa shape index (κ2) is 4.37. The van der Waals surface area contributed by atoms with Gasteiger partial charge in [-0.15, -0.1) is 0 Å². The van der Waals surface area contributed by atoms with Gasteiger partial charge in [0.05, 0.1) is 5.52 Å². The number of hydrogen-bond donors (Lipinski definition) is 2. The van der Waals surface area contributed by atoms with Crippen LogP contribution in [0.2, 0.25) is 0 Å². The Morgan fingerprint density at radius 3 is 2.95 bits per heavy atom. The van der Waals surface area contributed by atoms with E-state index in [1.807, 2.05) is 24.3 Å². The van der Waals surface area contributed by atoms with Gasteiger partial charge in [-0.3, -0.25) is 9.89 Å². The Balaban J connectivity index is 1.83. The van der Waals surface area contributed by atoms with Gasteiger partial charge in [-0.05, 0) is 30.4 Å². The Morgan fingerprint density at radius 1 is 1.42 bits per heavy atom. The topological polar surface area (TPSA) is 57.8 Å². The summed E-state index contributed by atoms with van der Waals surface area (Å²) in [6.45, 7) is 4.35. The number of aromatic nitrogens is 2. The lowest BCUT2D eigenvalue weighted by Gasteiger charge is -2.25. The smallest absolute Gasteiger partial charge is 0.229 e. The Kier molecular flexibility index (Phi) is 2.81. The molecule has 0 bridgehead atoms. The van der Waals surface area contributed by atoms with Gasteiger partial charge in [0.2, 0.25) is 5.91 Å². The maximum absolute atomic E-state index is 12.4. The molecule has 1 aromatic heterocycles. The lowest BCUT2D eigenvalue weighted by Crippen LogP contribution is -2.30. The second-order valence-corrected chi connectivity index (χ2v) is 6.04. The van der Waals surface area contributed by atoms with Gasteiger partial charge in [-0.2, -0.15) is 5.10 Å². The maximum atomic E-state index is 12.4. The monoisotopic (exact) mass is 257 g/mol. The van der Waals surface area contributed by atoms with E-state index in [4.69, 9.17) is 0 Å². The number of rotatable bonds is 2. The number of nitrogens with zero attached hydrogens (tertiary/aromatic N) is 1. The number of H-pyrrole nitrogens is 1. The van der Waals surface area contributed by atoms with Gasteiger partial charge in [-0.1, -0.05) is 32.4 Å². The summed E-state index contributed by atoms with van der Waals surface area (Å²) in [4.78, 5) is 12.4. The average Bonchev–Trinajstić information content (AvgIpc) is 2.93. The molecule has 1 atom stereocenters. The highest BCUT2D eigenvalue weighted by molar-refractivity contribution is 6.00. The Hall–Kier alpha value is -1.84. The fourth-order valence-electron chi connectivity index (χ4n) is 3.08. The number of hydrogen-bond acceptors (Lipinski definition) is 2. The molecule has 0 aliphatic heterocycles. The summed E-state index contributed by atoms with van der Waals surface area (Å²) >= 11 is 0. The summed E-state index contributed by atoms with van der Waals surface area (Å²) in [5, 5.41) is 11.1.